The topological polar surface area (TPSA) is 87.7 Å². The number of ether oxygens (including phenoxy) is 1. The second-order valence-electron chi connectivity index (χ2n) is 13.6. The lowest BCUT2D eigenvalue weighted by Gasteiger charge is -2.44. The predicted molar refractivity (Wildman–Crippen MR) is 159 cm³/mol. The van der Waals surface area contributed by atoms with Gasteiger partial charge in [0.15, 0.2) is 0 Å². The number of benzene rings is 1. The maximum atomic E-state index is 14.5. The third kappa shape index (κ3) is 4.62. The van der Waals surface area contributed by atoms with Gasteiger partial charge in [0.1, 0.15) is 11.6 Å². The number of nitrogens with zero attached hydrogens (tertiary/aromatic N) is 1. The molecule has 5 aliphatic rings. The molecule has 1 aromatic rings. The largest absolute Gasteiger partial charge is 0.359 e. The number of likely N-dealkylation sites (tertiary alicyclic amines) is 1. The zero-order chi connectivity index (χ0) is 29.2. The van der Waals surface area contributed by atoms with Crippen molar-refractivity contribution in [2.75, 3.05) is 5.32 Å². The van der Waals surface area contributed by atoms with Crippen LogP contribution in [0, 0.1) is 42.4 Å². The second-order valence-corrected chi connectivity index (χ2v) is 14.0. The molecule has 8 heteroatoms. The molecule has 1 spiro atoms. The minimum atomic E-state index is -1.15. The molecule has 7 nitrogen and oxygen atoms in total. The van der Waals surface area contributed by atoms with E-state index in [4.69, 9.17) is 16.3 Å². The third-order valence-electron chi connectivity index (χ3n) is 11.4. The summed E-state index contributed by atoms with van der Waals surface area (Å²) in [4.78, 5) is 44.6. The maximum absolute atomic E-state index is 14.5. The molecule has 2 saturated carbocycles. The number of carbonyl (C=O) groups is 3. The van der Waals surface area contributed by atoms with Crippen molar-refractivity contribution in [3.63, 3.8) is 0 Å². The first kappa shape index (κ1) is 28.7. The van der Waals surface area contributed by atoms with Crippen molar-refractivity contribution in [1.29, 1.82) is 0 Å². The van der Waals surface area contributed by atoms with Crippen LogP contribution in [0.15, 0.2) is 30.4 Å². The molecule has 0 aromatic heterocycles. The Kier molecular flexibility index (Phi) is 7.51. The van der Waals surface area contributed by atoms with Gasteiger partial charge < -0.3 is 20.3 Å². The monoisotopic (exact) mass is 581 g/mol. The minimum absolute atomic E-state index is 0.0642. The van der Waals surface area contributed by atoms with Gasteiger partial charge in [0.05, 0.1) is 17.9 Å². The summed E-state index contributed by atoms with van der Waals surface area (Å²) >= 11 is 6.32. The van der Waals surface area contributed by atoms with Crippen molar-refractivity contribution in [1.82, 2.24) is 10.2 Å². The molecule has 2 saturated heterocycles. The molecule has 0 radical (unpaired) electrons. The molecule has 4 fully saturated rings. The SMILES string of the molecule is Cc1ccc(NC(=O)[C@@H]2[C@@H]3C=C[C@]4(O3)[C@@H]2C(=O)N([C@@H]2CCC[C@@H](C)[C@H]2C)[C@H]4C(=O)N[C@@H]2CCC[C@H](C)[C@@H]2C)cc1Cl. The lowest BCUT2D eigenvalue weighted by Crippen LogP contribution is -2.61. The fourth-order valence-corrected chi connectivity index (χ4v) is 8.63. The van der Waals surface area contributed by atoms with E-state index in [1.807, 2.05) is 36.1 Å². The van der Waals surface area contributed by atoms with Gasteiger partial charge in [-0.25, -0.2) is 0 Å². The summed E-state index contributed by atoms with van der Waals surface area (Å²) in [6, 6.07) is 4.60. The molecule has 2 N–H and O–H groups in total. The maximum Gasteiger partial charge on any atom is 0.246 e. The summed E-state index contributed by atoms with van der Waals surface area (Å²) in [5.74, 6) is -0.447. The van der Waals surface area contributed by atoms with Crippen molar-refractivity contribution >= 4 is 35.0 Å². The molecular weight excluding hydrogens is 538 g/mol. The average molecular weight is 582 g/mol. The number of nitrogens with one attached hydrogen (secondary N) is 2. The van der Waals surface area contributed by atoms with E-state index in [1.54, 1.807) is 6.07 Å². The number of fused-ring (bicyclic) bond motifs is 1. The number of rotatable bonds is 5. The molecule has 2 bridgehead atoms. The van der Waals surface area contributed by atoms with Crippen LogP contribution in [0.1, 0.15) is 71.8 Å². The molecule has 3 aliphatic heterocycles. The number of carbonyl (C=O) groups excluding carboxylic acids is 3. The van der Waals surface area contributed by atoms with Crippen molar-refractivity contribution in [3.8, 4) is 0 Å². The molecule has 11 atom stereocenters. The molecule has 3 amide bonds. The van der Waals surface area contributed by atoms with Gasteiger partial charge in [-0.05, 0) is 61.1 Å². The molecule has 0 unspecified atom stereocenters. The van der Waals surface area contributed by atoms with Gasteiger partial charge in [0.25, 0.3) is 0 Å². The van der Waals surface area contributed by atoms with E-state index in [2.05, 4.69) is 38.3 Å². The zero-order valence-electron chi connectivity index (χ0n) is 24.9. The van der Waals surface area contributed by atoms with Gasteiger partial charge in [-0.15, -0.1) is 0 Å². The highest BCUT2D eigenvalue weighted by molar-refractivity contribution is 6.31. The standard InChI is InChI=1S/C33H44ClN3O4/c1-17-8-6-10-24(20(17)4)36-31(39)29-33-15-14-26(41-33)27(30(38)35-22-13-12-19(3)23(34)16-22)28(33)32(40)37(29)25-11-7-9-18(2)21(25)5/h12-18,20-21,24-29H,6-11H2,1-5H3,(H,35,38)(H,36,39)/t17-,18+,20-,21+,24+,25+,26-,27+,28-,29-,33-/m0/s1. The van der Waals surface area contributed by atoms with E-state index < -0.39 is 29.6 Å². The highest BCUT2D eigenvalue weighted by Gasteiger charge is 2.73. The Morgan fingerprint density at radius 3 is 2.44 bits per heavy atom. The van der Waals surface area contributed by atoms with Gasteiger partial charge in [-0.2, -0.15) is 0 Å². The average Bonchev–Trinajstić information content (AvgIpc) is 3.58. The number of halogens is 1. The number of amides is 3. The zero-order valence-corrected chi connectivity index (χ0v) is 25.6. The van der Waals surface area contributed by atoms with Crippen LogP contribution in [-0.4, -0.2) is 52.5 Å². The first-order valence-electron chi connectivity index (χ1n) is 15.6. The quantitative estimate of drug-likeness (QED) is 0.449. The Bertz CT molecular complexity index is 1270. The highest BCUT2D eigenvalue weighted by Crippen LogP contribution is 2.57. The van der Waals surface area contributed by atoms with Crippen molar-refractivity contribution < 1.29 is 19.1 Å². The van der Waals surface area contributed by atoms with Crippen molar-refractivity contribution in [2.45, 2.75) is 103 Å². The van der Waals surface area contributed by atoms with E-state index in [9.17, 15) is 14.4 Å². The molecule has 3 heterocycles. The van der Waals surface area contributed by atoms with Crippen LogP contribution in [0.25, 0.3) is 0 Å². The van der Waals surface area contributed by atoms with Crippen LogP contribution in [0.3, 0.4) is 0 Å². The number of anilines is 1. The lowest BCUT2D eigenvalue weighted by atomic mass is 9.73. The first-order valence-corrected chi connectivity index (χ1v) is 16.0. The summed E-state index contributed by atoms with van der Waals surface area (Å²) in [5, 5.41) is 6.93. The summed E-state index contributed by atoms with van der Waals surface area (Å²) in [6.45, 7) is 10.8. The summed E-state index contributed by atoms with van der Waals surface area (Å²) < 4.78 is 6.60. The lowest BCUT2D eigenvalue weighted by molar-refractivity contribution is -0.146. The molecule has 6 rings (SSSR count). The highest BCUT2D eigenvalue weighted by atomic mass is 35.5. The van der Waals surface area contributed by atoms with E-state index in [1.165, 1.54) is 6.42 Å². The van der Waals surface area contributed by atoms with Gasteiger partial charge >= 0.3 is 0 Å². The van der Waals surface area contributed by atoms with E-state index in [0.717, 1.165) is 37.7 Å². The fourth-order valence-electron chi connectivity index (χ4n) is 8.45. The summed E-state index contributed by atoms with van der Waals surface area (Å²) in [6.07, 6.45) is 9.42. The van der Waals surface area contributed by atoms with Crippen molar-refractivity contribution in [3.05, 3.63) is 40.9 Å². The molecule has 41 heavy (non-hydrogen) atoms. The number of hydrogen-bond acceptors (Lipinski definition) is 4. The van der Waals surface area contributed by atoms with Crippen LogP contribution in [0.2, 0.25) is 5.02 Å². The van der Waals surface area contributed by atoms with Crippen LogP contribution in [0.5, 0.6) is 0 Å². The fraction of sp³-hybridized carbons (Fsp3) is 0.667. The first-order chi connectivity index (χ1) is 19.5. The Morgan fingerprint density at radius 2 is 1.71 bits per heavy atom. The molecule has 1 aromatic carbocycles. The molecular formula is C33H44ClN3O4. The van der Waals surface area contributed by atoms with E-state index >= 15 is 0 Å². The smallest absolute Gasteiger partial charge is 0.246 e. The van der Waals surface area contributed by atoms with E-state index in [0.29, 0.717) is 28.5 Å². The Balaban J connectivity index is 1.34. The van der Waals surface area contributed by atoms with Gasteiger partial charge in [-0.1, -0.05) is 83.2 Å². The van der Waals surface area contributed by atoms with Crippen LogP contribution < -0.4 is 10.6 Å². The number of aryl methyl sites for hydroxylation is 1. The molecule has 222 valence electrons. The Hall–Kier alpha value is -2.38. The van der Waals surface area contributed by atoms with Gasteiger partial charge in [0.2, 0.25) is 17.7 Å². The second kappa shape index (κ2) is 10.7. The molecule has 2 aliphatic carbocycles. The van der Waals surface area contributed by atoms with E-state index in [-0.39, 0.29) is 35.7 Å². The van der Waals surface area contributed by atoms with Crippen molar-refractivity contribution in [2.24, 2.45) is 35.5 Å². The summed E-state index contributed by atoms with van der Waals surface area (Å²) in [7, 11) is 0. The van der Waals surface area contributed by atoms with Gasteiger partial charge in [0, 0.05) is 22.8 Å². The normalized spacial score (nSPS) is 41.4. The van der Waals surface area contributed by atoms with Gasteiger partial charge in [-0.3, -0.25) is 14.4 Å². The van der Waals surface area contributed by atoms with Crippen LogP contribution >= 0.6 is 11.6 Å². The Morgan fingerprint density at radius 1 is 1.00 bits per heavy atom. The van der Waals surface area contributed by atoms with Crippen LogP contribution in [-0.2, 0) is 19.1 Å². The Labute approximate surface area is 248 Å². The van der Waals surface area contributed by atoms with Crippen LogP contribution in [0.4, 0.5) is 5.69 Å². The predicted octanol–water partition coefficient (Wildman–Crippen LogP) is 5.50. The number of hydrogen-bond donors (Lipinski definition) is 2. The third-order valence-corrected chi connectivity index (χ3v) is 11.8. The minimum Gasteiger partial charge on any atom is -0.359 e. The summed E-state index contributed by atoms with van der Waals surface area (Å²) in [5.41, 5.74) is 0.351.